The molecule has 0 aromatic heterocycles. The van der Waals surface area contributed by atoms with Crippen LogP contribution in [0, 0.1) is 0 Å². The van der Waals surface area contributed by atoms with Gasteiger partial charge >= 0.3 is 93.4 Å². The normalized spacial score (nSPS) is 21.0. The van der Waals surface area contributed by atoms with E-state index in [1.54, 1.807) is 0 Å². The Kier molecular flexibility index (Phi) is 6.46. The van der Waals surface area contributed by atoms with Gasteiger partial charge in [-0.15, -0.1) is 0 Å². The average Bonchev–Trinajstić information content (AvgIpc) is 2.26. The van der Waals surface area contributed by atoms with Gasteiger partial charge in [-0.05, 0) is 0 Å². The van der Waals surface area contributed by atoms with Gasteiger partial charge < -0.3 is 0 Å². The molecule has 84 valence electrons. The fraction of sp³-hybridized carbons (Fsp3) is 1.00. The molecule has 1 saturated heterocycles. The zero-order chi connectivity index (χ0) is 10.3. The summed E-state index contributed by atoms with van der Waals surface area (Å²) < 4.78 is 14.4. The van der Waals surface area contributed by atoms with Crippen LogP contribution in [-0.4, -0.2) is 32.9 Å². The van der Waals surface area contributed by atoms with Crippen LogP contribution in [0.1, 0.15) is 45.4 Å². The van der Waals surface area contributed by atoms with E-state index in [1.165, 1.54) is 47.4 Å². The first-order chi connectivity index (χ1) is 6.83. The molecule has 0 atom stereocenters. The molecule has 0 amide bonds. The van der Waals surface area contributed by atoms with Crippen molar-refractivity contribution in [3.63, 3.8) is 0 Å². The molecule has 0 N–H and O–H groups in total. The van der Waals surface area contributed by atoms with Gasteiger partial charge in [0, 0.05) is 0 Å². The SMILES string of the molecule is CCCCC[O][Sn]1([O]C)[CH2]CCC[CH2]1. The summed E-state index contributed by atoms with van der Waals surface area (Å²) in [7, 11) is 1.88. The number of rotatable bonds is 6. The Morgan fingerprint density at radius 3 is 2.36 bits per heavy atom. The first kappa shape index (κ1) is 12.8. The summed E-state index contributed by atoms with van der Waals surface area (Å²) >= 11 is -2.46. The van der Waals surface area contributed by atoms with Crippen LogP contribution in [0.5, 0.6) is 0 Å². The van der Waals surface area contributed by atoms with Crippen molar-refractivity contribution in [2.45, 2.75) is 54.3 Å². The maximum atomic E-state index is 6.11. The summed E-state index contributed by atoms with van der Waals surface area (Å²) in [6.45, 7) is 3.19. The minimum atomic E-state index is -2.46. The summed E-state index contributed by atoms with van der Waals surface area (Å²) in [5.74, 6) is 0. The monoisotopic (exact) mass is 308 g/mol. The summed E-state index contributed by atoms with van der Waals surface area (Å²) in [5, 5.41) is 0. The molecular weight excluding hydrogens is 283 g/mol. The van der Waals surface area contributed by atoms with Crippen LogP contribution in [0.3, 0.4) is 0 Å². The zero-order valence-corrected chi connectivity index (χ0v) is 12.5. The molecule has 1 heterocycles. The number of hydrogen-bond donors (Lipinski definition) is 0. The predicted octanol–water partition coefficient (Wildman–Crippen LogP) is 3.47. The summed E-state index contributed by atoms with van der Waals surface area (Å²) in [6.07, 6.45) is 7.87. The maximum absolute atomic E-state index is 6.11. The molecule has 0 spiro atoms. The first-order valence-corrected chi connectivity index (χ1v) is 12.4. The molecular formula is C11H24O2Sn. The molecule has 0 aromatic carbocycles. The topological polar surface area (TPSA) is 18.5 Å². The molecule has 0 aromatic rings. The second-order valence-corrected chi connectivity index (χ2v) is 14.3. The van der Waals surface area contributed by atoms with Crippen LogP contribution in [0.25, 0.3) is 0 Å². The van der Waals surface area contributed by atoms with Crippen LogP contribution in [-0.2, 0) is 6.15 Å². The molecule has 0 aliphatic carbocycles. The molecule has 14 heavy (non-hydrogen) atoms. The van der Waals surface area contributed by atoms with E-state index in [1.807, 2.05) is 7.11 Å². The predicted molar refractivity (Wildman–Crippen MR) is 61.7 cm³/mol. The van der Waals surface area contributed by atoms with Crippen LogP contribution in [0.15, 0.2) is 0 Å². The van der Waals surface area contributed by atoms with E-state index in [0.29, 0.717) is 0 Å². The van der Waals surface area contributed by atoms with Crippen molar-refractivity contribution in [1.82, 2.24) is 0 Å². The zero-order valence-electron chi connectivity index (χ0n) is 9.68. The van der Waals surface area contributed by atoms with Gasteiger partial charge in [0.1, 0.15) is 0 Å². The van der Waals surface area contributed by atoms with Crippen molar-refractivity contribution < 1.29 is 6.15 Å². The minimum absolute atomic E-state index is 0.956. The Labute approximate surface area is 93.3 Å². The Morgan fingerprint density at radius 1 is 1.07 bits per heavy atom. The number of hydrogen-bond acceptors (Lipinski definition) is 2. The second-order valence-electron chi connectivity index (χ2n) is 4.23. The van der Waals surface area contributed by atoms with E-state index in [0.717, 1.165) is 6.61 Å². The molecule has 0 bridgehead atoms. The molecule has 3 heteroatoms. The fourth-order valence-corrected chi connectivity index (χ4v) is 11.1. The van der Waals surface area contributed by atoms with Crippen LogP contribution >= 0.6 is 0 Å². The van der Waals surface area contributed by atoms with Gasteiger partial charge in [0.05, 0.1) is 0 Å². The third-order valence-corrected chi connectivity index (χ3v) is 13.7. The van der Waals surface area contributed by atoms with Crippen LogP contribution in [0.2, 0.25) is 8.87 Å². The fourth-order valence-electron chi connectivity index (χ4n) is 2.11. The third-order valence-electron chi connectivity index (χ3n) is 3.10. The van der Waals surface area contributed by atoms with Crippen molar-refractivity contribution >= 4 is 19.2 Å². The van der Waals surface area contributed by atoms with Gasteiger partial charge in [-0.1, -0.05) is 0 Å². The number of unbranched alkanes of at least 4 members (excludes halogenated alkanes) is 2. The van der Waals surface area contributed by atoms with E-state index in [-0.39, 0.29) is 0 Å². The molecule has 1 fully saturated rings. The second kappa shape index (κ2) is 7.07. The third kappa shape index (κ3) is 4.07. The van der Waals surface area contributed by atoms with Crippen molar-refractivity contribution in [2.75, 3.05) is 13.7 Å². The Morgan fingerprint density at radius 2 is 1.79 bits per heavy atom. The van der Waals surface area contributed by atoms with E-state index in [4.69, 9.17) is 6.15 Å². The van der Waals surface area contributed by atoms with Gasteiger partial charge in [0.25, 0.3) is 0 Å². The molecule has 0 unspecified atom stereocenters. The van der Waals surface area contributed by atoms with Gasteiger partial charge in [0.2, 0.25) is 0 Å². The standard InChI is InChI=1S/C5H11O.C5H10.CH3O.Sn/c1-2-3-4-5-6;1-3-5-4-2;1-2;/h2-5H2,1H3;1-5H2;1H3;/q-1;;-1;+2. The van der Waals surface area contributed by atoms with Gasteiger partial charge in [-0.3, -0.25) is 0 Å². The van der Waals surface area contributed by atoms with Crippen LogP contribution in [0.4, 0.5) is 0 Å². The van der Waals surface area contributed by atoms with Gasteiger partial charge in [-0.25, -0.2) is 0 Å². The van der Waals surface area contributed by atoms with E-state index < -0.39 is 19.2 Å². The van der Waals surface area contributed by atoms with Crippen molar-refractivity contribution in [1.29, 1.82) is 0 Å². The molecule has 0 saturated carbocycles. The molecule has 0 radical (unpaired) electrons. The first-order valence-electron chi connectivity index (χ1n) is 6.02. The van der Waals surface area contributed by atoms with Crippen molar-refractivity contribution in [3.8, 4) is 0 Å². The summed E-state index contributed by atoms with van der Waals surface area (Å²) in [5.41, 5.74) is 0. The van der Waals surface area contributed by atoms with Crippen molar-refractivity contribution in [3.05, 3.63) is 0 Å². The summed E-state index contributed by atoms with van der Waals surface area (Å²) in [6, 6.07) is 0. The molecule has 1 aliphatic heterocycles. The van der Waals surface area contributed by atoms with Gasteiger partial charge in [0.15, 0.2) is 0 Å². The molecule has 1 aliphatic rings. The average molecular weight is 307 g/mol. The van der Waals surface area contributed by atoms with Gasteiger partial charge in [-0.2, -0.15) is 0 Å². The Balaban J connectivity index is 2.22. The summed E-state index contributed by atoms with van der Waals surface area (Å²) in [4.78, 5) is 0. The molecule has 2 nitrogen and oxygen atoms in total. The van der Waals surface area contributed by atoms with E-state index in [2.05, 4.69) is 6.92 Å². The molecule has 1 rings (SSSR count). The Bertz CT molecular complexity index is 144. The van der Waals surface area contributed by atoms with E-state index >= 15 is 0 Å². The van der Waals surface area contributed by atoms with E-state index in [9.17, 15) is 0 Å². The van der Waals surface area contributed by atoms with Crippen molar-refractivity contribution in [2.24, 2.45) is 0 Å². The van der Waals surface area contributed by atoms with Crippen LogP contribution < -0.4 is 0 Å². The Hall–Kier alpha value is 0.719. The quantitative estimate of drug-likeness (QED) is 0.552.